The number of carboxylic acids is 1. The Morgan fingerprint density at radius 1 is 0.935 bits per heavy atom. The highest BCUT2D eigenvalue weighted by Gasteiger charge is 2.70. The summed E-state index contributed by atoms with van der Waals surface area (Å²) in [6.45, 7) is 16.9. The number of aryl methyl sites for hydroxylation is 1. The number of allylic oxidation sites excluding steroid dienone is 2. The lowest BCUT2D eigenvalue weighted by molar-refractivity contribution is -0.234. The fourth-order valence-electron chi connectivity index (χ4n) is 11.4. The number of benzene rings is 1. The van der Waals surface area contributed by atoms with E-state index in [1.54, 1.807) is 0 Å². The second-order valence-corrected chi connectivity index (χ2v) is 16.3. The fourth-order valence-corrected chi connectivity index (χ4v) is 11.4. The molecule has 3 N–H and O–H groups in total. The van der Waals surface area contributed by atoms with Crippen molar-refractivity contribution in [3.63, 3.8) is 0 Å². The van der Waals surface area contributed by atoms with Crippen molar-refractivity contribution in [3.8, 4) is 0 Å². The van der Waals surface area contributed by atoms with Crippen LogP contribution in [0.15, 0.2) is 41.0 Å². The molecule has 0 amide bonds. The van der Waals surface area contributed by atoms with Gasteiger partial charge >= 0.3 is 11.9 Å². The molecule has 4 aliphatic rings. The zero-order valence-corrected chi connectivity index (χ0v) is 29.5. The van der Waals surface area contributed by atoms with Gasteiger partial charge in [0.15, 0.2) is 0 Å². The lowest BCUT2D eigenvalue weighted by atomic mass is 9.36. The molecule has 1 aromatic carbocycles. The molecule has 5 rings (SSSR count). The van der Waals surface area contributed by atoms with Crippen LogP contribution in [0, 0.1) is 39.9 Å². The maximum absolute atomic E-state index is 13.2. The zero-order valence-electron chi connectivity index (χ0n) is 29.5. The van der Waals surface area contributed by atoms with E-state index in [1.165, 1.54) is 12.5 Å². The van der Waals surface area contributed by atoms with Crippen LogP contribution in [-0.2, 0) is 20.7 Å². The van der Waals surface area contributed by atoms with E-state index in [2.05, 4.69) is 72.7 Å². The van der Waals surface area contributed by atoms with Crippen molar-refractivity contribution in [2.24, 2.45) is 39.9 Å². The number of rotatable bonds is 8. The molecule has 1 aromatic rings. The molecular formula is C40H58O6. The van der Waals surface area contributed by atoms with E-state index < -0.39 is 24.1 Å². The van der Waals surface area contributed by atoms with E-state index in [1.807, 2.05) is 0 Å². The largest absolute Gasteiger partial charge is 0.478 e. The van der Waals surface area contributed by atoms with Crippen LogP contribution in [0.3, 0.4) is 0 Å². The van der Waals surface area contributed by atoms with Gasteiger partial charge in [-0.1, -0.05) is 70.9 Å². The van der Waals surface area contributed by atoms with Crippen molar-refractivity contribution in [1.29, 1.82) is 0 Å². The number of carbonyl (C=O) groups is 2. The first kappa shape index (κ1) is 34.9. The first-order valence-corrected chi connectivity index (χ1v) is 17.8. The van der Waals surface area contributed by atoms with E-state index >= 15 is 0 Å². The average Bonchev–Trinajstić information content (AvgIpc) is 3.25. The fraction of sp³-hybridized carbons (Fsp3) is 0.700. The maximum Gasteiger partial charge on any atom is 0.331 e. The van der Waals surface area contributed by atoms with E-state index in [-0.39, 0.29) is 40.1 Å². The standard InChI is InChI=1S/C40H58O6/c1-9-10-26-11-13-27(14-12-26)28(23(2)3)15-16-29(37(44)45)35-31-21-33(43)36-38(6)19-18-32(42)24(4)30(38)17-20-39(36,7)40(31,8)22-34(35)46-25(5)41/h11-14,24,30-34,36,42-43H,9-10,15-22H2,1-8H3,(H,44,45)/t24-,30?,31+,32+,33+,34-,36+,38-,39-,40-/m0/s1. The number of aliphatic carboxylic acids is 1. The number of hydrogen-bond donors (Lipinski definition) is 3. The second-order valence-electron chi connectivity index (χ2n) is 16.3. The molecule has 4 fully saturated rings. The summed E-state index contributed by atoms with van der Waals surface area (Å²) in [5.41, 5.74) is 5.01. The van der Waals surface area contributed by atoms with Gasteiger partial charge in [-0.25, -0.2) is 4.79 Å². The number of carboxylic acid groups (broad SMARTS) is 1. The summed E-state index contributed by atoms with van der Waals surface area (Å²) in [6.07, 6.45) is 6.01. The Labute approximate surface area is 276 Å². The van der Waals surface area contributed by atoms with Crippen LogP contribution in [-0.4, -0.2) is 45.6 Å². The van der Waals surface area contributed by atoms with Crippen molar-refractivity contribution < 1.29 is 29.6 Å². The van der Waals surface area contributed by atoms with Crippen molar-refractivity contribution in [3.05, 3.63) is 52.1 Å². The third-order valence-electron chi connectivity index (χ3n) is 13.7. The van der Waals surface area contributed by atoms with Crippen molar-refractivity contribution in [2.75, 3.05) is 0 Å². The highest BCUT2D eigenvalue weighted by Crippen LogP contribution is 2.74. The van der Waals surface area contributed by atoms with E-state index in [9.17, 15) is 24.9 Å². The third-order valence-corrected chi connectivity index (χ3v) is 13.7. The summed E-state index contributed by atoms with van der Waals surface area (Å²) in [6, 6.07) is 8.63. The van der Waals surface area contributed by atoms with Gasteiger partial charge < -0.3 is 20.1 Å². The molecule has 0 saturated heterocycles. The molecule has 10 atom stereocenters. The molecule has 254 valence electrons. The van der Waals surface area contributed by atoms with Crippen LogP contribution in [0.2, 0.25) is 0 Å². The Morgan fingerprint density at radius 2 is 1.61 bits per heavy atom. The smallest absolute Gasteiger partial charge is 0.331 e. The molecule has 6 nitrogen and oxygen atoms in total. The second kappa shape index (κ2) is 12.9. The quantitative estimate of drug-likeness (QED) is 0.197. The minimum Gasteiger partial charge on any atom is -0.478 e. The molecule has 46 heavy (non-hydrogen) atoms. The van der Waals surface area contributed by atoms with Crippen LogP contribution in [0.5, 0.6) is 0 Å². The molecule has 1 unspecified atom stereocenters. The minimum atomic E-state index is -0.963. The zero-order chi connectivity index (χ0) is 33.8. The van der Waals surface area contributed by atoms with Crippen LogP contribution < -0.4 is 0 Å². The Morgan fingerprint density at radius 3 is 2.20 bits per heavy atom. The van der Waals surface area contributed by atoms with Gasteiger partial charge in [0.1, 0.15) is 6.10 Å². The molecule has 0 aromatic heterocycles. The Bertz CT molecular complexity index is 1390. The van der Waals surface area contributed by atoms with Gasteiger partial charge in [-0.15, -0.1) is 0 Å². The Hall–Kier alpha value is -2.44. The average molecular weight is 635 g/mol. The first-order valence-electron chi connectivity index (χ1n) is 17.8. The lowest BCUT2D eigenvalue weighted by Crippen LogP contribution is -2.65. The Balaban J connectivity index is 1.55. The minimum absolute atomic E-state index is 0.0218. The summed E-state index contributed by atoms with van der Waals surface area (Å²) in [7, 11) is 0. The monoisotopic (exact) mass is 634 g/mol. The molecular weight excluding hydrogens is 576 g/mol. The predicted molar refractivity (Wildman–Crippen MR) is 182 cm³/mol. The molecule has 6 heteroatoms. The molecule has 0 radical (unpaired) electrons. The van der Waals surface area contributed by atoms with Crippen molar-refractivity contribution in [1.82, 2.24) is 0 Å². The summed E-state index contributed by atoms with van der Waals surface area (Å²) in [5.74, 6) is -1.03. The number of fused-ring (bicyclic) bond motifs is 5. The van der Waals surface area contributed by atoms with Crippen LogP contribution in [0.4, 0.5) is 0 Å². The number of aliphatic hydroxyl groups is 2. The van der Waals surface area contributed by atoms with Gasteiger partial charge in [0.2, 0.25) is 0 Å². The highest BCUT2D eigenvalue weighted by atomic mass is 16.5. The topological polar surface area (TPSA) is 104 Å². The number of esters is 1. The van der Waals surface area contributed by atoms with Crippen molar-refractivity contribution in [2.45, 2.75) is 138 Å². The number of carbonyl (C=O) groups excluding carboxylic acids is 1. The van der Waals surface area contributed by atoms with E-state index in [0.717, 1.165) is 60.8 Å². The highest BCUT2D eigenvalue weighted by molar-refractivity contribution is 5.89. The number of hydrogen-bond acceptors (Lipinski definition) is 5. The summed E-state index contributed by atoms with van der Waals surface area (Å²) in [4.78, 5) is 25.7. The summed E-state index contributed by atoms with van der Waals surface area (Å²) < 4.78 is 6.02. The number of ether oxygens (including phenoxy) is 1. The lowest BCUT2D eigenvalue weighted by Gasteiger charge is -2.69. The van der Waals surface area contributed by atoms with Crippen LogP contribution in [0.1, 0.15) is 124 Å². The number of aliphatic hydroxyl groups excluding tert-OH is 2. The predicted octanol–water partition coefficient (Wildman–Crippen LogP) is 8.15. The maximum atomic E-state index is 13.2. The summed E-state index contributed by atoms with van der Waals surface area (Å²) in [5, 5.41) is 33.7. The van der Waals surface area contributed by atoms with Gasteiger partial charge in [0, 0.05) is 12.5 Å². The van der Waals surface area contributed by atoms with Gasteiger partial charge in [-0.3, -0.25) is 4.79 Å². The van der Waals surface area contributed by atoms with Gasteiger partial charge in [-0.05, 0) is 134 Å². The third kappa shape index (κ3) is 5.70. The van der Waals surface area contributed by atoms with E-state index in [0.29, 0.717) is 37.2 Å². The Kier molecular flexibility index (Phi) is 9.76. The van der Waals surface area contributed by atoms with Crippen LogP contribution >= 0.6 is 0 Å². The SMILES string of the molecule is CCCc1ccc(C(CCC(C(=O)O)=C2[C@@H](OC(C)=O)C[C@@]3(C)[C@@H]2C[C@@H](O)[C@@H]2[C@@]4(C)CC[C@@H](O)[C@@H](C)C4CC[C@@]23C)=C(C)C)cc1. The molecule has 0 aliphatic heterocycles. The molecule has 4 aliphatic carbocycles. The van der Waals surface area contributed by atoms with Gasteiger partial charge in [0.05, 0.1) is 12.2 Å². The molecule has 0 heterocycles. The normalized spacial score (nSPS) is 39.5. The van der Waals surface area contributed by atoms with Crippen molar-refractivity contribution >= 4 is 17.5 Å². The molecule has 0 bridgehead atoms. The molecule has 4 saturated carbocycles. The van der Waals surface area contributed by atoms with Crippen LogP contribution in [0.25, 0.3) is 5.57 Å². The van der Waals surface area contributed by atoms with E-state index in [4.69, 9.17) is 4.74 Å². The first-order chi connectivity index (χ1) is 21.6. The molecule has 0 spiro atoms. The van der Waals surface area contributed by atoms with Gasteiger partial charge in [-0.2, -0.15) is 0 Å². The summed E-state index contributed by atoms with van der Waals surface area (Å²) >= 11 is 0. The van der Waals surface area contributed by atoms with Gasteiger partial charge in [0.25, 0.3) is 0 Å².